The lowest BCUT2D eigenvalue weighted by atomic mass is 10.1. The Morgan fingerprint density at radius 2 is 1.93 bits per heavy atom. The molecule has 0 atom stereocenters. The third-order valence-corrected chi connectivity index (χ3v) is 7.35. The predicted octanol–water partition coefficient (Wildman–Crippen LogP) is 5.52. The van der Waals surface area contributed by atoms with Crippen LogP contribution in [0.3, 0.4) is 0 Å². The minimum Gasteiger partial charge on any atom is -0.360 e. The lowest BCUT2D eigenvalue weighted by Gasteiger charge is -2.11. The number of carbonyl (C=O) groups is 1. The van der Waals surface area contributed by atoms with E-state index in [2.05, 4.69) is 16.5 Å². The Morgan fingerprint density at radius 1 is 1.19 bits per heavy atom. The SMILES string of the molecule is Cc1onc(-c2ccc(F)cc2)c1C(=O)Nc1cccc(C2SCCS2)c1. The monoisotopic (exact) mass is 400 g/mol. The Kier molecular flexibility index (Phi) is 5.22. The van der Waals surface area contributed by atoms with Gasteiger partial charge in [0.1, 0.15) is 22.8 Å². The predicted molar refractivity (Wildman–Crippen MR) is 109 cm³/mol. The van der Waals surface area contributed by atoms with Crippen molar-refractivity contribution in [1.29, 1.82) is 0 Å². The molecule has 4 nitrogen and oxygen atoms in total. The third-order valence-electron chi connectivity index (χ3n) is 4.25. The number of halogens is 1. The van der Waals surface area contributed by atoms with Gasteiger partial charge in [-0.15, -0.1) is 23.5 Å². The van der Waals surface area contributed by atoms with Crippen LogP contribution in [0.15, 0.2) is 53.1 Å². The zero-order chi connectivity index (χ0) is 18.8. The van der Waals surface area contributed by atoms with Crippen molar-refractivity contribution in [3.05, 3.63) is 71.2 Å². The van der Waals surface area contributed by atoms with Crippen LogP contribution in [0.1, 0.15) is 26.3 Å². The second-order valence-corrected chi connectivity index (χ2v) is 8.85. The fraction of sp³-hybridized carbons (Fsp3) is 0.200. The molecule has 2 heterocycles. The van der Waals surface area contributed by atoms with E-state index in [0.717, 1.165) is 17.2 Å². The molecule has 1 amide bonds. The van der Waals surface area contributed by atoms with Crippen LogP contribution in [0.5, 0.6) is 0 Å². The third kappa shape index (κ3) is 3.89. The van der Waals surface area contributed by atoms with Crippen molar-refractivity contribution >= 4 is 35.1 Å². The summed E-state index contributed by atoms with van der Waals surface area (Å²) in [6, 6.07) is 13.7. The molecule has 0 saturated carbocycles. The van der Waals surface area contributed by atoms with E-state index in [1.807, 2.05) is 41.7 Å². The summed E-state index contributed by atoms with van der Waals surface area (Å²) in [4.78, 5) is 12.9. The Bertz CT molecular complexity index is 966. The van der Waals surface area contributed by atoms with E-state index in [1.165, 1.54) is 17.7 Å². The molecule has 0 aliphatic carbocycles. The van der Waals surface area contributed by atoms with Crippen molar-refractivity contribution in [2.45, 2.75) is 11.5 Å². The van der Waals surface area contributed by atoms with Crippen LogP contribution in [-0.2, 0) is 0 Å². The number of hydrogen-bond donors (Lipinski definition) is 1. The molecule has 0 bridgehead atoms. The Hall–Kier alpha value is -2.25. The summed E-state index contributed by atoms with van der Waals surface area (Å²) in [5, 5.41) is 6.93. The van der Waals surface area contributed by atoms with Gasteiger partial charge >= 0.3 is 0 Å². The van der Waals surface area contributed by atoms with Crippen LogP contribution in [0.25, 0.3) is 11.3 Å². The molecular weight excluding hydrogens is 383 g/mol. The number of aromatic nitrogens is 1. The zero-order valence-electron chi connectivity index (χ0n) is 14.6. The number of amides is 1. The van der Waals surface area contributed by atoms with E-state index in [1.54, 1.807) is 19.1 Å². The van der Waals surface area contributed by atoms with E-state index in [0.29, 0.717) is 27.2 Å². The number of aryl methyl sites for hydroxylation is 1. The summed E-state index contributed by atoms with van der Waals surface area (Å²) >= 11 is 3.84. The molecule has 1 fully saturated rings. The molecule has 0 radical (unpaired) electrons. The first-order valence-electron chi connectivity index (χ1n) is 8.48. The number of nitrogens with one attached hydrogen (secondary N) is 1. The largest absolute Gasteiger partial charge is 0.360 e. The van der Waals surface area contributed by atoms with Gasteiger partial charge in [0.25, 0.3) is 5.91 Å². The smallest absolute Gasteiger partial charge is 0.261 e. The molecule has 138 valence electrons. The van der Waals surface area contributed by atoms with Crippen molar-refractivity contribution in [2.24, 2.45) is 0 Å². The highest BCUT2D eigenvalue weighted by Crippen LogP contribution is 2.45. The standard InChI is InChI=1S/C20H17FN2O2S2/c1-12-17(18(23-25-12)13-5-7-15(21)8-6-13)19(24)22-16-4-2-3-14(11-16)20-26-9-10-27-20/h2-8,11,20H,9-10H2,1H3,(H,22,24). The molecule has 4 rings (SSSR count). The second-order valence-electron chi connectivity index (χ2n) is 6.12. The number of nitrogens with zero attached hydrogens (tertiary/aromatic N) is 1. The van der Waals surface area contributed by atoms with Gasteiger partial charge in [-0.25, -0.2) is 4.39 Å². The van der Waals surface area contributed by atoms with E-state index in [-0.39, 0.29) is 11.7 Å². The van der Waals surface area contributed by atoms with Gasteiger partial charge in [0.2, 0.25) is 0 Å². The van der Waals surface area contributed by atoms with Gasteiger partial charge in [0, 0.05) is 22.8 Å². The summed E-state index contributed by atoms with van der Waals surface area (Å²) in [6.07, 6.45) is 0. The van der Waals surface area contributed by atoms with Crippen LogP contribution in [0.2, 0.25) is 0 Å². The number of hydrogen-bond acceptors (Lipinski definition) is 5. The molecule has 1 aliphatic rings. The van der Waals surface area contributed by atoms with Crippen molar-refractivity contribution in [2.75, 3.05) is 16.8 Å². The second kappa shape index (κ2) is 7.78. The Labute approximate surface area is 164 Å². The minimum atomic E-state index is -0.343. The minimum absolute atomic E-state index is 0.294. The average Bonchev–Trinajstić information content (AvgIpc) is 3.32. The van der Waals surface area contributed by atoms with Crippen LogP contribution < -0.4 is 5.32 Å². The highest BCUT2D eigenvalue weighted by Gasteiger charge is 2.23. The van der Waals surface area contributed by atoms with Gasteiger partial charge < -0.3 is 9.84 Å². The van der Waals surface area contributed by atoms with Gasteiger partial charge in [-0.1, -0.05) is 17.3 Å². The maximum absolute atomic E-state index is 13.2. The van der Waals surface area contributed by atoms with Gasteiger partial charge in [0.15, 0.2) is 0 Å². The molecular formula is C20H17FN2O2S2. The van der Waals surface area contributed by atoms with Crippen LogP contribution in [0, 0.1) is 12.7 Å². The number of rotatable bonds is 4. The molecule has 1 aromatic heterocycles. The van der Waals surface area contributed by atoms with Gasteiger partial charge in [0.05, 0.1) is 4.58 Å². The van der Waals surface area contributed by atoms with E-state index < -0.39 is 0 Å². The first kappa shape index (κ1) is 18.1. The summed E-state index contributed by atoms with van der Waals surface area (Å²) in [6.45, 7) is 1.69. The maximum atomic E-state index is 13.2. The Morgan fingerprint density at radius 3 is 2.67 bits per heavy atom. The molecule has 27 heavy (non-hydrogen) atoms. The van der Waals surface area contributed by atoms with Crippen molar-refractivity contribution < 1.29 is 13.7 Å². The van der Waals surface area contributed by atoms with Gasteiger partial charge in [-0.05, 0) is 48.9 Å². The summed E-state index contributed by atoms with van der Waals surface area (Å²) in [5.41, 5.74) is 3.32. The molecule has 1 saturated heterocycles. The zero-order valence-corrected chi connectivity index (χ0v) is 16.2. The lowest BCUT2D eigenvalue weighted by Crippen LogP contribution is -2.13. The van der Waals surface area contributed by atoms with Crippen molar-refractivity contribution in [3.63, 3.8) is 0 Å². The maximum Gasteiger partial charge on any atom is 0.261 e. The van der Waals surface area contributed by atoms with Gasteiger partial charge in [-0.3, -0.25) is 4.79 Å². The highest BCUT2D eigenvalue weighted by atomic mass is 32.2. The molecule has 0 unspecified atom stereocenters. The number of benzene rings is 2. The summed E-state index contributed by atoms with van der Waals surface area (Å²) in [5.74, 6) is 2.07. The van der Waals surface area contributed by atoms with Crippen molar-refractivity contribution in [3.8, 4) is 11.3 Å². The molecule has 1 aliphatic heterocycles. The quantitative estimate of drug-likeness (QED) is 0.625. The van der Waals surface area contributed by atoms with Crippen molar-refractivity contribution in [1.82, 2.24) is 5.16 Å². The molecule has 3 aromatic rings. The summed E-state index contributed by atoms with van der Waals surface area (Å²) < 4.78 is 18.8. The van der Waals surface area contributed by atoms with E-state index in [4.69, 9.17) is 4.52 Å². The number of anilines is 1. The van der Waals surface area contributed by atoms with Crippen LogP contribution in [-0.4, -0.2) is 22.6 Å². The first-order chi connectivity index (χ1) is 13.1. The average molecular weight is 401 g/mol. The van der Waals surface area contributed by atoms with E-state index >= 15 is 0 Å². The molecule has 0 spiro atoms. The Balaban J connectivity index is 1.60. The highest BCUT2D eigenvalue weighted by molar-refractivity contribution is 8.19. The van der Waals surface area contributed by atoms with Gasteiger partial charge in [-0.2, -0.15) is 0 Å². The first-order valence-corrected chi connectivity index (χ1v) is 10.6. The lowest BCUT2D eigenvalue weighted by molar-refractivity contribution is 0.102. The number of thioether (sulfide) groups is 2. The number of carbonyl (C=O) groups excluding carboxylic acids is 1. The van der Waals surface area contributed by atoms with Crippen LogP contribution >= 0.6 is 23.5 Å². The fourth-order valence-corrected chi connectivity index (χ4v) is 5.79. The molecule has 1 N–H and O–H groups in total. The summed E-state index contributed by atoms with van der Waals surface area (Å²) in [7, 11) is 0. The van der Waals surface area contributed by atoms with Crippen LogP contribution in [0.4, 0.5) is 10.1 Å². The normalized spacial score (nSPS) is 14.4. The fourth-order valence-electron chi connectivity index (χ4n) is 2.95. The molecule has 2 aromatic carbocycles. The topological polar surface area (TPSA) is 55.1 Å². The molecule has 7 heteroatoms. The van der Waals surface area contributed by atoms with E-state index in [9.17, 15) is 9.18 Å².